The molecule has 0 saturated heterocycles. The van der Waals surface area contributed by atoms with Crippen LogP contribution >= 0.6 is 38.5 Å². The topological polar surface area (TPSA) is 12.0 Å². The number of benzene rings is 2. The molecule has 0 aliphatic heterocycles. The highest BCUT2D eigenvalue weighted by Crippen LogP contribution is 2.26. The third-order valence-corrected chi connectivity index (χ3v) is 5.20. The summed E-state index contributed by atoms with van der Waals surface area (Å²) in [7, 11) is 0. The maximum absolute atomic E-state index is 3.59. The Morgan fingerprint density at radius 3 is 2.50 bits per heavy atom. The molecule has 0 amide bonds. The standard InChI is InChI=1S/C15H15BrIN/c1-2-15(11-6-4-3-5-7-11)18-12-8-9-13(16)14(17)10-12/h3-10,15,18H,2H2,1H3. The second-order valence-corrected chi connectivity index (χ2v) is 6.16. The average molecular weight is 416 g/mol. The zero-order valence-electron chi connectivity index (χ0n) is 10.2. The fourth-order valence-corrected chi connectivity index (χ4v) is 2.66. The molecule has 2 aromatic rings. The van der Waals surface area contributed by atoms with E-state index >= 15 is 0 Å². The summed E-state index contributed by atoms with van der Waals surface area (Å²) in [5, 5.41) is 3.59. The Bertz CT molecular complexity index is 513. The molecular formula is C15H15BrIN. The van der Waals surface area contributed by atoms with Crippen LogP contribution in [0, 0.1) is 3.57 Å². The first-order valence-electron chi connectivity index (χ1n) is 5.97. The molecular weight excluding hydrogens is 401 g/mol. The first-order chi connectivity index (χ1) is 8.70. The van der Waals surface area contributed by atoms with Gasteiger partial charge in [0.05, 0.1) is 6.04 Å². The van der Waals surface area contributed by atoms with Crippen molar-refractivity contribution in [3.63, 3.8) is 0 Å². The van der Waals surface area contributed by atoms with Crippen molar-refractivity contribution in [2.75, 3.05) is 5.32 Å². The van der Waals surface area contributed by atoms with Gasteiger partial charge in [0.1, 0.15) is 0 Å². The summed E-state index contributed by atoms with van der Waals surface area (Å²) in [5.74, 6) is 0. The van der Waals surface area contributed by atoms with Crippen LogP contribution in [0.2, 0.25) is 0 Å². The molecule has 0 aliphatic carbocycles. The normalized spacial score (nSPS) is 12.2. The molecule has 0 spiro atoms. The minimum atomic E-state index is 0.364. The second kappa shape index (κ2) is 6.57. The molecule has 2 aromatic carbocycles. The smallest absolute Gasteiger partial charge is 0.0511 e. The molecule has 0 saturated carbocycles. The van der Waals surface area contributed by atoms with Crippen molar-refractivity contribution in [3.8, 4) is 0 Å². The van der Waals surface area contributed by atoms with Crippen LogP contribution < -0.4 is 5.32 Å². The van der Waals surface area contributed by atoms with E-state index in [2.05, 4.69) is 99.3 Å². The number of hydrogen-bond donors (Lipinski definition) is 1. The average Bonchev–Trinajstić information content (AvgIpc) is 2.41. The van der Waals surface area contributed by atoms with E-state index in [1.165, 1.54) is 14.8 Å². The predicted octanol–water partition coefficient (Wildman–Crippen LogP) is 5.62. The molecule has 0 radical (unpaired) electrons. The number of nitrogens with one attached hydrogen (secondary N) is 1. The van der Waals surface area contributed by atoms with E-state index in [4.69, 9.17) is 0 Å². The molecule has 0 aromatic heterocycles. The van der Waals surface area contributed by atoms with Gasteiger partial charge < -0.3 is 5.32 Å². The van der Waals surface area contributed by atoms with Gasteiger partial charge in [-0.05, 0) is 68.7 Å². The van der Waals surface area contributed by atoms with Gasteiger partial charge in [0.15, 0.2) is 0 Å². The molecule has 3 heteroatoms. The van der Waals surface area contributed by atoms with Crippen LogP contribution in [0.15, 0.2) is 53.0 Å². The first-order valence-corrected chi connectivity index (χ1v) is 7.84. The molecule has 0 aliphatic rings. The number of rotatable bonds is 4. The highest BCUT2D eigenvalue weighted by atomic mass is 127. The molecule has 1 nitrogen and oxygen atoms in total. The van der Waals surface area contributed by atoms with Gasteiger partial charge in [-0.2, -0.15) is 0 Å². The molecule has 1 unspecified atom stereocenters. The van der Waals surface area contributed by atoms with E-state index in [1.54, 1.807) is 0 Å². The Morgan fingerprint density at radius 1 is 1.17 bits per heavy atom. The summed E-state index contributed by atoms with van der Waals surface area (Å²) in [4.78, 5) is 0. The van der Waals surface area contributed by atoms with Gasteiger partial charge in [-0.15, -0.1) is 0 Å². The molecule has 94 valence electrons. The van der Waals surface area contributed by atoms with E-state index in [0.29, 0.717) is 6.04 Å². The molecule has 18 heavy (non-hydrogen) atoms. The Labute approximate surface area is 130 Å². The van der Waals surface area contributed by atoms with Gasteiger partial charge in [0, 0.05) is 13.7 Å². The first kappa shape index (κ1) is 13.9. The zero-order chi connectivity index (χ0) is 13.0. The lowest BCUT2D eigenvalue weighted by atomic mass is 10.0. The van der Waals surface area contributed by atoms with Crippen molar-refractivity contribution in [1.29, 1.82) is 0 Å². The minimum absolute atomic E-state index is 0.364. The lowest BCUT2D eigenvalue weighted by molar-refractivity contribution is 0.749. The lowest BCUT2D eigenvalue weighted by Crippen LogP contribution is -2.09. The van der Waals surface area contributed by atoms with E-state index in [1.807, 2.05) is 0 Å². The van der Waals surface area contributed by atoms with Crippen LogP contribution in [-0.2, 0) is 0 Å². The van der Waals surface area contributed by atoms with Gasteiger partial charge in [-0.3, -0.25) is 0 Å². The highest BCUT2D eigenvalue weighted by molar-refractivity contribution is 14.1. The highest BCUT2D eigenvalue weighted by Gasteiger charge is 2.09. The van der Waals surface area contributed by atoms with Gasteiger partial charge in [0.25, 0.3) is 0 Å². The summed E-state index contributed by atoms with van der Waals surface area (Å²) in [5.41, 5.74) is 2.50. The fourth-order valence-electron chi connectivity index (χ4n) is 1.89. The molecule has 2 rings (SSSR count). The van der Waals surface area contributed by atoms with Crippen LogP contribution in [0.5, 0.6) is 0 Å². The van der Waals surface area contributed by atoms with Crippen LogP contribution in [0.4, 0.5) is 5.69 Å². The van der Waals surface area contributed by atoms with Crippen molar-refractivity contribution in [1.82, 2.24) is 0 Å². The second-order valence-electron chi connectivity index (χ2n) is 4.14. The zero-order valence-corrected chi connectivity index (χ0v) is 13.9. The predicted molar refractivity (Wildman–Crippen MR) is 90.0 cm³/mol. The third-order valence-electron chi connectivity index (χ3n) is 2.87. The van der Waals surface area contributed by atoms with E-state index in [9.17, 15) is 0 Å². The van der Waals surface area contributed by atoms with E-state index in [0.717, 1.165) is 10.9 Å². The summed E-state index contributed by atoms with van der Waals surface area (Å²) in [6.45, 7) is 2.20. The van der Waals surface area contributed by atoms with E-state index in [-0.39, 0.29) is 0 Å². The fraction of sp³-hybridized carbons (Fsp3) is 0.200. The molecule has 1 atom stereocenters. The molecule has 1 N–H and O–H groups in total. The number of anilines is 1. The minimum Gasteiger partial charge on any atom is -0.378 e. The molecule has 0 heterocycles. The Hall–Kier alpha value is -0.550. The van der Waals surface area contributed by atoms with Crippen molar-refractivity contribution >= 4 is 44.2 Å². The van der Waals surface area contributed by atoms with E-state index < -0.39 is 0 Å². The monoisotopic (exact) mass is 415 g/mol. The van der Waals surface area contributed by atoms with Crippen LogP contribution in [0.25, 0.3) is 0 Å². The Morgan fingerprint density at radius 2 is 1.89 bits per heavy atom. The Kier molecular flexibility index (Phi) is 5.06. The molecule has 0 fully saturated rings. The number of halogens is 2. The summed E-state index contributed by atoms with van der Waals surface area (Å²) in [6, 6.07) is 17.3. The van der Waals surface area contributed by atoms with Crippen LogP contribution in [-0.4, -0.2) is 0 Å². The van der Waals surface area contributed by atoms with Gasteiger partial charge in [-0.1, -0.05) is 37.3 Å². The van der Waals surface area contributed by atoms with Crippen molar-refractivity contribution in [3.05, 3.63) is 62.1 Å². The number of hydrogen-bond acceptors (Lipinski definition) is 1. The van der Waals surface area contributed by atoms with Gasteiger partial charge >= 0.3 is 0 Å². The van der Waals surface area contributed by atoms with Crippen molar-refractivity contribution in [2.45, 2.75) is 19.4 Å². The molecule has 0 bridgehead atoms. The van der Waals surface area contributed by atoms with Crippen LogP contribution in [0.3, 0.4) is 0 Å². The third kappa shape index (κ3) is 3.48. The summed E-state index contributed by atoms with van der Waals surface area (Å²) in [6.07, 6.45) is 1.07. The Balaban J connectivity index is 2.18. The van der Waals surface area contributed by atoms with Crippen molar-refractivity contribution < 1.29 is 0 Å². The van der Waals surface area contributed by atoms with Gasteiger partial charge in [-0.25, -0.2) is 0 Å². The summed E-state index contributed by atoms with van der Waals surface area (Å²) >= 11 is 5.86. The maximum atomic E-state index is 3.59. The maximum Gasteiger partial charge on any atom is 0.0511 e. The largest absolute Gasteiger partial charge is 0.378 e. The lowest BCUT2D eigenvalue weighted by Gasteiger charge is -2.19. The van der Waals surface area contributed by atoms with Crippen LogP contribution in [0.1, 0.15) is 24.9 Å². The van der Waals surface area contributed by atoms with Gasteiger partial charge in [0.2, 0.25) is 0 Å². The summed E-state index contributed by atoms with van der Waals surface area (Å²) < 4.78 is 2.36. The quantitative estimate of drug-likeness (QED) is 0.639. The SMILES string of the molecule is CCC(Nc1ccc(Br)c(I)c1)c1ccccc1. The van der Waals surface area contributed by atoms with Crippen molar-refractivity contribution in [2.24, 2.45) is 0 Å².